The van der Waals surface area contributed by atoms with E-state index in [-0.39, 0.29) is 12.2 Å². The number of ether oxygens (including phenoxy) is 1. The first-order valence-electron chi connectivity index (χ1n) is 8.72. The third-order valence-electron chi connectivity index (χ3n) is 4.74. The topological polar surface area (TPSA) is 50.5 Å². The smallest absolute Gasteiger partial charge is 0.120 e. The molecule has 1 aliphatic rings. The van der Waals surface area contributed by atoms with Crippen LogP contribution in [-0.2, 0) is 6.54 Å². The van der Waals surface area contributed by atoms with Crippen molar-refractivity contribution in [2.45, 2.75) is 45.4 Å². The van der Waals surface area contributed by atoms with Crippen LogP contribution in [-0.4, -0.2) is 51.6 Å². The van der Waals surface area contributed by atoms with E-state index < -0.39 is 0 Å². The molecule has 2 heterocycles. The van der Waals surface area contributed by atoms with Gasteiger partial charge < -0.3 is 14.7 Å². The molecule has 0 aliphatic carbocycles. The molecular weight excluding hydrogens is 302 g/mol. The number of hydrogen-bond acceptors (Lipinski definition) is 4. The van der Waals surface area contributed by atoms with E-state index in [9.17, 15) is 5.11 Å². The van der Waals surface area contributed by atoms with Crippen molar-refractivity contribution in [2.75, 3.05) is 19.6 Å². The summed E-state index contributed by atoms with van der Waals surface area (Å²) in [6.07, 6.45) is 5.51. The van der Waals surface area contributed by atoms with Gasteiger partial charge in [0, 0.05) is 32.0 Å². The molecule has 1 atom stereocenters. The molecule has 1 N–H and O–H groups in total. The van der Waals surface area contributed by atoms with Crippen LogP contribution < -0.4 is 4.74 Å². The monoisotopic (exact) mass is 329 g/mol. The first kappa shape index (κ1) is 17.0. The Balaban J connectivity index is 1.42. The normalized spacial score (nSPS) is 17.8. The average molecular weight is 329 g/mol. The summed E-state index contributed by atoms with van der Waals surface area (Å²) in [6, 6.07) is 8.17. The number of likely N-dealkylation sites (tertiary alicyclic amines) is 1. The van der Waals surface area contributed by atoms with Crippen molar-refractivity contribution in [3.63, 3.8) is 0 Å². The predicted octanol–water partition coefficient (Wildman–Crippen LogP) is 2.40. The zero-order chi connectivity index (χ0) is 16.9. The van der Waals surface area contributed by atoms with Gasteiger partial charge in [-0.15, -0.1) is 0 Å². The third kappa shape index (κ3) is 4.58. The molecule has 0 radical (unpaired) electrons. The molecule has 0 unspecified atom stereocenters. The fraction of sp³-hybridized carbons (Fsp3) is 0.526. The maximum Gasteiger partial charge on any atom is 0.120 e. The first-order chi connectivity index (χ1) is 11.6. The van der Waals surface area contributed by atoms with E-state index in [0.29, 0.717) is 13.1 Å². The fourth-order valence-electron chi connectivity index (χ4n) is 3.17. The van der Waals surface area contributed by atoms with Crippen LogP contribution in [0.3, 0.4) is 0 Å². The second-order valence-corrected chi connectivity index (χ2v) is 6.75. The van der Waals surface area contributed by atoms with Crippen molar-refractivity contribution in [3.8, 4) is 5.75 Å². The van der Waals surface area contributed by atoms with Gasteiger partial charge in [-0.1, -0.05) is 6.07 Å². The van der Waals surface area contributed by atoms with Crippen LogP contribution in [0.4, 0.5) is 0 Å². The summed E-state index contributed by atoms with van der Waals surface area (Å²) in [5.41, 5.74) is 2.56. The van der Waals surface area contributed by atoms with E-state index in [1.807, 2.05) is 12.3 Å². The van der Waals surface area contributed by atoms with Crippen LogP contribution >= 0.6 is 0 Å². The number of aromatic nitrogens is 2. The maximum atomic E-state index is 10.2. The highest BCUT2D eigenvalue weighted by atomic mass is 16.5. The SMILES string of the molecule is Cc1ccc(OC2CCN(C[C@H](O)Cn3cccn3)CC2)cc1C. The van der Waals surface area contributed by atoms with Gasteiger partial charge in [0.05, 0.1) is 12.6 Å². The Bertz CT molecular complexity index is 634. The van der Waals surface area contributed by atoms with Gasteiger partial charge in [-0.05, 0) is 56.0 Å². The molecule has 1 saturated heterocycles. The predicted molar refractivity (Wildman–Crippen MR) is 94.2 cm³/mol. The van der Waals surface area contributed by atoms with Crippen LogP contribution in [0.1, 0.15) is 24.0 Å². The molecule has 1 aromatic carbocycles. The van der Waals surface area contributed by atoms with Crippen molar-refractivity contribution in [2.24, 2.45) is 0 Å². The number of aryl methyl sites for hydroxylation is 2. The molecule has 0 amide bonds. The van der Waals surface area contributed by atoms with Crippen LogP contribution in [0.15, 0.2) is 36.7 Å². The number of rotatable bonds is 6. The molecular formula is C19H27N3O2. The Labute approximate surface area is 143 Å². The largest absolute Gasteiger partial charge is 0.490 e. The number of benzene rings is 1. The quantitative estimate of drug-likeness (QED) is 0.884. The minimum absolute atomic E-state index is 0.270. The summed E-state index contributed by atoms with van der Waals surface area (Å²) >= 11 is 0. The van der Waals surface area contributed by atoms with Crippen LogP contribution in [0.5, 0.6) is 5.75 Å². The summed E-state index contributed by atoms with van der Waals surface area (Å²) in [4.78, 5) is 2.31. The second-order valence-electron chi connectivity index (χ2n) is 6.75. The van der Waals surface area contributed by atoms with Crippen LogP contribution in [0.25, 0.3) is 0 Å². The maximum absolute atomic E-state index is 10.2. The third-order valence-corrected chi connectivity index (χ3v) is 4.74. The highest BCUT2D eigenvalue weighted by molar-refractivity contribution is 5.33. The highest BCUT2D eigenvalue weighted by Gasteiger charge is 2.22. The van der Waals surface area contributed by atoms with Crippen LogP contribution in [0, 0.1) is 13.8 Å². The molecule has 24 heavy (non-hydrogen) atoms. The Morgan fingerprint density at radius 2 is 2.00 bits per heavy atom. The molecule has 1 aromatic heterocycles. The molecule has 0 spiro atoms. The molecule has 3 rings (SSSR count). The lowest BCUT2D eigenvalue weighted by Crippen LogP contribution is -2.42. The Morgan fingerprint density at radius 1 is 1.21 bits per heavy atom. The van der Waals surface area contributed by atoms with Gasteiger partial charge in [-0.25, -0.2) is 0 Å². The van der Waals surface area contributed by atoms with Crippen molar-refractivity contribution in [3.05, 3.63) is 47.8 Å². The fourth-order valence-corrected chi connectivity index (χ4v) is 3.17. The lowest BCUT2D eigenvalue weighted by molar-refractivity contribution is 0.0534. The molecule has 0 saturated carbocycles. The van der Waals surface area contributed by atoms with Gasteiger partial charge in [-0.3, -0.25) is 4.68 Å². The van der Waals surface area contributed by atoms with Crippen molar-refractivity contribution < 1.29 is 9.84 Å². The molecule has 0 bridgehead atoms. The summed E-state index contributed by atoms with van der Waals surface area (Å²) in [6.45, 7) is 7.40. The lowest BCUT2D eigenvalue weighted by atomic mass is 10.1. The summed E-state index contributed by atoms with van der Waals surface area (Å²) in [5, 5.41) is 14.3. The summed E-state index contributed by atoms with van der Waals surface area (Å²) in [7, 11) is 0. The number of aliphatic hydroxyl groups excluding tert-OH is 1. The van der Waals surface area contributed by atoms with E-state index >= 15 is 0 Å². The minimum Gasteiger partial charge on any atom is -0.490 e. The van der Waals surface area contributed by atoms with Gasteiger partial charge in [0.1, 0.15) is 11.9 Å². The molecule has 1 aliphatic heterocycles. The molecule has 5 nitrogen and oxygen atoms in total. The second kappa shape index (κ2) is 7.81. The Morgan fingerprint density at radius 3 is 2.67 bits per heavy atom. The highest BCUT2D eigenvalue weighted by Crippen LogP contribution is 2.21. The number of hydrogen-bond donors (Lipinski definition) is 1. The molecule has 5 heteroatoms. The minimum atomic E-state index is -0.387. The van der Waals surface area contributed by atoms with Crippen molar-refractivity contribution in [1.29, 1.82) is 0 Å². The Hall–Kier alpha value is -1.85. The zero-order valence-corrected chi connectivity index (χ0v) is 14.6. The molecule has 130 valence electrons. The molecule has 1 fully saturated rings. The molecule has 2 aromatic rings. The zero-order valence-electron chi connectivity index (χ0n) is 14.6. The van der Waals surface area contributed by atoms with Gasteiger partial charge in [0.2, 0.25) is 0 Å². The van der Waals surface area contributed by atoms with Gasteiger partial charge in [0.15, 0.2) is 0 Å². The van der Waals surface area contributed by atoms with E-state index in [4.69, 9.17) is 4.74 Å². The van der Waals surface area contributed by atoms with E-state index in [0.717, 1.165) is 31.7 Å². The number of aliphatic hydroxyl groups is 1. The average Bonchev–Trinajstić information content (AvgIpc) is 3.06. The number of nitrogens with zero attached hydrogens (tertiary/aromatic N) is 3. The Kier molecular flexibility index (Phi) is 5.53. The van der Waals surface area contributed by atoms with Gasteiger partial charge >= 0.3 is 0 Å². The number of β-amino-alcohol motifs (C(OH)–C–C–N with tert-alkyl or cyclic N) is 1. The summed E-state index contributed by atoms with van der Waals surface area (Å²) in [5.74, 6) is 0.968. The summed E-state index contributed by atoms with van der Waals surface area (Å²) < 4.78 is 7.90. The standard InChI is InChI=1S/C19H27N3O2/c1-15-4-5-19(12-16(15)2)24-18-6-10-21(11-7-18)13-17(23)14-22-9-3-8-20-22/h3-5,8-9,12,17-18,23H,6-7,10-11,13-14H2,1-2H3/t17-/m0/s1. The van der Waals surface area contributed by atoms with E-state index in [1.54, 1.807) is 10.9 Å². The lowest BCUT2D eigenvalue weighted by Gasteiger charge is -2.33. The van der Waals surface area contributed by atoms with Crippen LogP contribution in [0.2, 0.25) is 0 Å². The van der Waals surface area contributed by atoms with Crippen molar-refractivity contribution >= 4 is 0 Å². The van der Waals surface area contributed by atoms with Crippen molar-refractivity contribution in [1.82, 2.24) is 14.7 Å². The van der Waals surface area contributed by atoms with Gasteiger partial charge in [-0.2, -0.15) is 5.10 Å². The van der Waals surface area contributed by atoms with E-state index in [2.05, 4.69) is 42.0 Å². The first-order valence-corrected chi connectivity index (χ1v) is 8.72. The van der Waals surface area contributed by atoms with Gasteiger partial charge in [0.25, 0.3) is 0 Å². The van der Waals surface area contributed by atoms with E-state index in [1.165, 1.54) is 11.1 Å². The number of piperidine rings is 1.